The monoisotopic (exact) mass is 296 g/mol. The second kappa shape index (κ2) is 5.92. The third-order valence-corrected chi connectivity index (χ3v) is 5.93. The number of hydrogen-bond acceptors (Lipinski definition) is 5. The highest BCUT2D eigenvalue weighted by atomic mass is 28.4. The molecule has 0 radical (unpaired) electrons. The van der Waals surface area contributed by atoms with Gasteiger partial charge in [-0.2, -0.15) is 0 Å². The fourth-order valence-electron chi connectivity index (χ4n) is 2.36. The van der Waals surface area contributed by atoms with E-state index < -0.39 is 8.97 Å². The van der Waals surface area contributed by atoms with Gasteiger partial charge in [0, 0.05) is 21.3 Å². The van der Waals surface area contributed by atoms with Crippen molar-refractivity contribution in [3.8, 4) is 0 Å². The molecule has 0 aliphatic carbocycles. The van der Waals surface area contributed by atoms with Gasteiger partial charge in [0.2, 0.25) is 5.91 Å². The minimum absolute atomic E-state index is 0.0499. The van der Waals surface area contributed by atoms with Crippen LogP contribution in [-0.4, -0.2) is 47.4 Å². The number of carbonyl (C=O) groups is 1. The Morgan fingerprint density at radius 2 is 1.65 bits per heavy atom. The molecule has 2 rings (SSSR count). The SMILES string of the molecule is CO[Si](OC)(OC)N1C(=O)C(C)CN1c1ccccc1. The van der Waals surface area contributed by atoms with Crippen molar-refractivity contribution in [2.24, 2.45) is 5.92 Å². The molecule has 110 valence electrons. The maximum Gasteiger partial charge on any atom is 0.655 e. The third-order valence-electron chi connectivity index (χ3n) is 3.41. The summed E-state index contributed by atoms with van der Waals surface area (Å²) in [7, 11) is 1.27. The van der Waals surface area contributed by atoms with E-state index in [0.717, 1.165) is 5.69 Å². The average molecular weight is 296 g/mol. The van der Waals surface area contributed by atoms with Gasteiger partial charge in [0.1, 0.15) is 0 Å². The lowest BCUT2D eigenvalue weighted by Gasteiger charge is -2.38. The van der Waals surface area contributed by atoms with Crippen molar-refractivity contribution in [3.63, 3.8) is 0 Å². The highest BCUT2D eigenvalue weighted by molar-refractivity contribution is 6.61. The first-order chi connectivity index (χ1) is 9.59. The normalized spacial score (nSPS) is 19.8. The van der Waals surface area contributed by atoms with E-state index >= 15 is 0 Å². The number of hydrazine groups is 1. The van der Waals surface area contributed by atoms with E-state index in [0.29, 0.717) is 6.54 Å². The fraction of sp³-hybridized carbons (Fsp3) is 0.462. The number of rotatable bonds is 5. The van der Waals surface area contributed by atoms with Gasteiger partial charge in [-0.3, -0.25) is 9.80 Å². The molecule has 7 heteroatoms. The standard InChI is InChI=1S/C13H20N2O4Si/c1-11-10-14(12-8-6-5-7-9-12)15(13(11)16)20(17-2,18-3)19-4/h5-9,11H,10H2,1-4H3. The number of amides is 1. The van der Waals surface area contributed by atoms with Crippen LogP contribution in [0.2, 0.25) is 0 Å². The lowest BCUT2D eigenvalue weighted by Crippen LogP contribution is -2.65. The van der Waals surface area contributed by atoms with Crippen LogP contribution in [0.3, 0.4) is 0 Å². The van der Waals surface area contributed by atoms with Crippen LogP contribution in [-0.2, 0) is 18.1 Å². The number of para-hydroxylation sites is 1. The lowest BCUT2D eigenvalue weighted by atomic mass is 10.2. The average Bonchev–Trinajstić information content (AvgIpc) is 2.80. The van der Waals surface area contributed by atoms with E-state index in [1.807, 2.05) is 42.3 Å². The highest BCUT2D eigenvalue weighted by Crippen LogP contribution is 2.30. The lowest BCUT2D eigenvalue weighted by molar-refractivity contribution is -0.130. The van der Waals surface area contributed by atoms with Crippen molar-refractivity contribution in [2.45, 2.75) is 6.92 Å². The van der Waals surface area contributed by atoms with Gasteiger partial charge in [0.25, 0.3) is 0 Å². The molecule has 6 nitrogen and oxygen atoms in total. The molecular weight excluding hydrogens is 276 g/mol. The first-order valence-electron chi connectivity index (χ1n) is 6.41. The number of nitrogens with zero attached hydrogens (tertiary/aromatic N) is 2. The molecular formula is C13H20N2O4Si. The van der Waals surface area contributed by atoms with Crippen LogP contribution < -0.4 is 5.01 Å². The summed E-state index contributed by atoms with van der Waals surface area (Å²) in [5.74, 6) is -0.186. The highest BCUT2D eigenvalue weighted by Gasteiger charge is 2.57. The van der Waals surface area contributed by atoms with Crippen LogP contribution in [0.25, 0.3) is 0 Å². The molecule has 0 spiro atoms. The predicted octanol–water partition coefficient (Wildman–Crippen LogP) is 1.26. The Kier molecular flexibility index (Phi) is 4.44. The molecule has 1 aromatic carbocycles. The summed E-state index contributed by atoms with van der Waals surface area (Å²) in [6.45, 7) is 2.46. The van der Waals surface area contributed by atoms with Crippen LogP contribution in [0.15, 0.2) is 30.3 Å². The quantitative estimate of drug-likeness (QED) is 0.766. The molecule has 1 atom stereocenters. The second-order valence-corrected chi connectivity index (χ2v) is 7.30. The molecule has 1 aliphatic rings. The number of hydrogen-bond donors (Lipinski definition) is 0. The molecule has 1 fully saturated rings. The minimum Gasteiger partial charge on any atom is -0.359 e. The van der Waals surface area contributed by atoms with Crippen molar-refractivity contribution in [1.82, 2.24) is 4.67 Å². The number of carbonyl (C=O) groups excluding carboxylic acids is 1. The predicted molar refractivity (Wildman–Crippen MR) is 76.6 cm³/mol. The first kappa shape index (κ1) is 15.0. The molecule has 0 bridgehead atoms. The molecule has 1 amide bonds. The maximum absolute atomic E-state index is 12.5. The van der Waals surface area contributed by atoms with Gasteiger partial charge in [-0.25, -0.2) is 4.67 Å². The van der Waals surface area contributed by atoms with Crippen LogP contribution >= 0.6 is 0 Å². The minimum atomic E-state index is -3.23. The van der Waals surface area contributed by atoms with Crippen LogP contribution in [0.4, 0.5) is 5.69 Å². The molecule has 0 saturated carbocycles. The Bertz CT molecular complexity index is 458. The zero-order valence-corrected chi connectivity index (χ0v) is 13.2. The van der Waals surface area contributed by atoms with Crippen molar-refractivity contribution in [1.29, 1.82) is 0 Å². The van der Waals surface area contributed by atoms with Gasteiger partial charge in [0.15, 0.2) is 0 Å². The Balaban J connectivity index is 2.43. The van der Waals surface area contributed by atoms with Gasteiger partial charge < -0.3 is 13.3 Å². The summed E-state index contributed by atoms with van der Waals surface area (Å²) in [5.41, 5.74) is 0.910. The van der Waals surface area contributed by atoms with E-state index in [9.17, 15) is 4.79 Å². The Labute approximate surface area is 120 Å². The van der Waals surface area contributed by atoms with Gasteiger partial charge in [-0.1, -0.05) is 25.1 Å². The van der Waals surface area contributed by atoms with Crippen molar-refractivity contribution in [3.05, 3.63) is 30.3 Å². The summed E-state index contributed by atoms with van der Waals surface area (Å²) in [5, 5.41) is 1.87. The largest absolute Gasteiger partial charge is 0.655 e. The second-order valence-electron chi connectivity index (χ2n) is 4.60. The molecule has 1 saturated heterocycles. The zero-order chi connectivity index (χ0) is 14.8. The zero-order valence-electron chi connectivity index (χ0n) is 12.2. The van der Waals surface area contributed by atoms with Crippen molar-refractivity contribution >= 4 is 20.6 Å². The summed E-state index contributed by atoms with van der Waals surface area (Å²) < 4.78 is 17.9. The molecule has 0 aromatic heterocycles. The van der Waals surface area contributed by atoms with Gasteiger partial charge in [-0.05, 0) is 12.1 Å². The fourth-order valence-corrected chi connectivity index (χ4v) is 4.36. The van der Waals surface area contributed by atoms with E-state index in [1.54, 1.807) is 0 Å². The van der Waals surface area contributed by atoms with Gasteiger partial charge in [0.05, 0.1) is 18.2 Å². The summed E-state index contributed by atoms with van der Waals surface area (Å²) in [4.78, 5) is 12.5. The molecule has 1 aliphatic heterocycles. The molecule has 1 heterocycles. The molecule has 20 heavy (non-hydrogen) atoms. The van der Waals surface area contributed by atoms with E-state index in [1.165, 1.54) is 26.0 Å². The third kappa shape index (κ3) is 2.33. The Morgan fingerprint density at radius 1 is 1.10 bits per heavy atom. The van der Waals surface area contributed by atoms with Crippen LogP contribution in [0.1, 0.15) is 6.92 Å². The molecule has 1 aromatic rings. The van der Waals surface area contributed by atoms with Crippen LogP contribution in [0.5, 0.6) is 0 Å². The molecule has 1 unspecified atom stereocenters. The number of benzene rings is 1. The first-order valence-corrected chi connectivity index (χ1v) is 8.09. The van der Waals surface area contributed by atoms with Crippen molar-refractivity contribution in [2.75, 3.05) is 32.9 Å². The van der Waals surface area contributed by atoms with Crippen LogP contribution in [0, 0.1) is 5.92 Å². The van der Waals surface area contributed by atoms with Gasteiger partial charge >= 0.3 is 8.97 Å². The van der Waals surface area contributed by atoms with E-state index in [4.69, 9.17) is 13.3 Å². The van der Waals surface area contributed by atoms with Gasteiger partial charge in [-0.15, -0.1) is 0 Å². The van der Waals surface area contributed by atoms with E-state index in [2.05, 4.69) is 0 Å². The smallest absolute Gasteiger partial charge is 0.359 e. The summed E-state index contributed by atoms with van der Waals surface area (Å²) >= 11 is 0. The topological polar surface area (TPSA) is 51.2 Å². The number of anilines is 1. The summed E-state index contributed by atoms with van der Waals surface area (Å²) in [6.07, 6.45) is 0. The maximum atomic E-state index is 12.5. The Morgan fingerprint density at radius 3 is 2.15 bits per heavy atom. The van der Waals surface area contributed by atoms with E-state index in [-0.39, 0.29) is 11.8 Å². The summed E-state index contributed by atoms with van der Waals surface area (Å²) in [6, 6.07) is 9.67. The van der Waals surface area contributed by atoms with Crippen molar-refractivity contribution < 1.29 is 18.1 Å². The Hall–Kier alpha value is -1.41. The molecule has 0 N–H and O–H groups in total.